The zero-order valence-electron chi connectivity index (χ0n) is 10.5. The molecule has 0 heterocycles. The topological polar surface area (TPSA) is 3.24 Å². The summed E-state index contributed by atoms with van der Waals surface area (Å²) in [6, 6.07) is 6.30. The average molecular weight is 329 g/mol. The Morgan fingerprint density at radius 1 is 1.11 bits per heavy atom. The quantitative estimate of drug-likeness (QED) is 0.674. The largest absolute Gasteiger partial charge is 0.371 e. The summed E-state index contributed by atoms with van der Waals surface area (Å²) in [6.45, 7) is 2.44. The fourth-order valence-electron chi connectivity index (χ4n) is 2.47. The maximum atomic E-state index is 6.32. The van der Waals surface area contributed by atoms with Crippen molar-refractivity contribution in [3.05, 3.63) is 28.8 Å². The van der Waals surface area contributed by atoms with Gasteiger partial charge >= 0.3 is 0 Å². The summed E-state index contributed by atoms with van der Waals surface area (Å²) in [6.07, 6.45) is 5.63. The summed E-state index contributed by atoms with van der Waals surface area (Å²) in [5.41, 5.74) is 2.60. The van der Waals surface area contributed by atoms with Crippen LogP contribution >= 0.6 is 27.5 Å². The van der Waals surface area contributed by atoms with Crippen LogP contribution in [0.4, 0.5) is 5.69 Å². The second-order valence-corrected chi connectivity index (χ2v) is 6.63. The molecule has 0 spiro atoms. The van der Waals surface area contributed by atoms with Gasteiger partial charge in [-0.3, -0.25) is 0 Å². The fraction of sp³-hybridized carbons (Fsp3) is 0.600. The maximum absolute atomic E-state index is 6.32. The van der Waals surface area contributed by atoms with E-state index in [0.717, 1.165) is 22.2 Å². The normalized spacial score (nSPS) is 19.0. The maximum Gasteiger partial charge on any atom is 0.0467 e. The van der Waals surface area contributed by atoms with Crippen LogP contribution in [0.15, 0.2) is 18.2 Å². The van der Waals surface area contributed by atoms with Crippen LogP contribution in [-0.4, -0.2) is 13.1 Å². The van der Waals surface area contributed by atoms with E-state index in [4.69, 9.17) is 11.6 Å². The Balaban J connectivity index is 1.84. The zero-order chi connectivity index (χ0) is 12.5. The average Bonchev–Trinajstić information content (AvgIpc) is 3.22. The molecule has 1 nitrogen and oxygen atoms in total. The van der Waals surface area contributed by atoms with Crippen LogP contribution < -0.4 is 4.90 Å². The highest BCUT2D eigenvalue weighted by Crippen LogP contribution is 2.38. The van der Waals surface area contributed by atoms with Gasteiger partial charge in [0.1, 0.15) is 0 Å². The molecule has 0 bridgehead atoms. The molecule has 2 aliphatic carbocycles. The lowest BCUT2D eigenvalue weighted by Crippen LogP contribution is -2.29. The van der Waals surface area contributed by atoms with Gasteiger partial charge in [0.2, 0.25) is 0 Å². The van der Waals surface area contributed by atoms with E-state index in [9.17, 15) is 0 Å². The van der Waals surface area contributed by atoms with Crippen molar-refractivity contribution in [2.45, 2.75) is 31.0 Å². The van der Waals surface area contributed by atoms with Gasteiger partial charge in [0.15, 0.2) is 0 Å². The summed E-state index contributed by atoms with van der Waals surface area (Å²) >= 11 is 9.90. The zero-order valence-corrected chi connectivity index (χ0v) is 12.9. The molecular formula is C15H19BrClN. The summed E-state index contributed by atoms with van der Waals surface area (Å²) in [5, 5.41) is 1.73. The van der Waals surface area contributed by atoms with Gasteiger partial charge in [0, 0.05) is 34.7 Å². The van der Waals surface area contributed by atoms with E-state index in [1.807, 2.05) is 6.07 Å². The van der Waals surface area contributed by atoms with Crippen LogP contribution in [0.2, 0.25) is 5.02 Å². The predicted molar refractivity (Wildman–Crippen MR) is 81.7 cm³/mol. The monoisotopic (exact) mass is 327 g/mol. The van der Waals surface area contributed by atoms with Crippen LogP contribution in [-0.2, 0) is 5.33 Å². The number of alkyl halides is 1. The number of hydrogen-bond acceptors (Lipinski definition) is 1. The Hall–Kier alpha value is -0.210. The lowest BCUT2D eigenvalue weighted by Gasteiger charge is -2.27. The van der Waals surface area contributed by atoms with E-state index in [0.29, 0.717) is 0 Å². The molecule has 2 fully saturated rings. The van der Waals surface area contributed by atoms with Gasteiger partial charge in [-0.1, -0.05) is 33.6 Å². The highest BCUT2D eigenvalue weighted by Gasteiger charge is 2.30. The number of hydrogen-bond donors (Lipinski definition) is 0. The van der Waals surface area contributed by atoms with Crippen molar-refractivity contribution in [2.24, 2.45) is 11.8 Å². The van der Waals surface area contributed by atoms with Crippen molar-refractivity contribution < 1.29 is 0 Å². The van der Waals surface area contributed by atoms with E-state index in [-0.39, 0.29) is 0 Å². The number of rotatable bonds is 6. The standard InChI is InChI=1S/C15H19BrClN/c16-8-13-14(17)2-1-3-15(13)18(9-11-4-5-11)10-12-6-7-12/h1-3,11-12H,4-10H2. The van der Waals surface area contributed by atoms with Crippen molar-refractivity contribution in [3.8, 4) is 0 Å². The Labute approximate surface area is 123 Å². The molecule has 0 radical (unpaired) electrons. The Morgan fingerprint density at radius 3 is 2.22 bits per heavy atom. The molecule has 1 aromatic carbocycles. The molecule has 98 valence electrons. The van der Waals surface area contributed by atoms with Crippen LogP contribution in [0.1, 0.15) is 31.2 Å². The fourth-order valence-corrected chi connectivity index (χ4v) is 3.46. The molecule has 0 unspecified atom stereocenters. The number of anilines is 1. The molecule has 0 saturated heterocycles. The second-order valence-electron chi connectivity index (χ2n) is 5.66. The highest BCUT2D eigenvalue weighted by molar-refractivity contribution is 9.08. The molecule has 2 saturated carbocycles. The minimum atomic E-state index is 0.841. The van der Waals surface area contributed by atoms with Crippen LogP contribution in [0, 0.1) is 11.8 Å². The molecule has 0 aromatic heterocycles. The van der Waals surface area contributed by atoms with Gasteiger partial charge in [-0.15, -0.1) is 0 Å². The first-order valence-electron chi connectivity index (χ1n) is 6.86. The minimum Gasteiger partial charge on any atom is -0.371 e. The third-order valence-corrected chi connectivity index (χ3v) is 4.83. The Kier molecular flexibility index (Phi) is 3.86. The molecule has 0 amide bonds. The molecule has 2 aliphatic rings. The molecule has 0 atom stereocenters. The van der Waals surface area contributed by atoms with Gasteiger partial charge < -0.3 is 4.90 Å². The van der Waals surface area contributed by atoms with Gasteiger partial charge in [0.25, 0.3) is 0 Å². The first-order chi connectivity index (χ1) is 8.78. The van der Waals surface area contributed by atoms with Crippen molar-refractivity contribution in [3.63, 3.8) is 0 Å². The predicted octanol–water partition coefficient (Wildman–Crippen LogP) is 4.86. The van der Waals surface area contributed by atoms with Gasteiger partial charge in [0.05, 0.1) is 0 Å². The van der Waals surface area contributed by atoms with Crippen LogP contribution in [0.25, 0.3) is 0 Å². The van der Waals surface area contributed by atoms with Crippen molar-refractivity contribution >= 4 is 33.2 Å². The van der Waals surface area contributed by atoms with Crippen LogP contribution in [0.5, 0.6) is 0 Å². The van der Waals surface area contributed by atoms with E-state index in [1.165, 1.54) is 50.0 Å². The number of nitrogens with zero attached hydrogens (tertiary/aromatic N) is 1. The molecule has 3 heteroatoms. The Bertz CT molecular complexity index is 413. The molecule has 18 heavy (non-hydrogen) atoms. The first-order valence-corrected chi connectivity index (χ1v) is 8.36. The molecule has 1 aromatic rings. The summed E-state index contributed by atoms with van der Waals surface area (Å²) in [4.78, 5) is 2.58. The van der Waals surface area contributed by atoms with Crippen molar-refractivity contribution in [2.75, 3.05) is 18.0 Å². The number of benzene rings is 1. The first kappa shape index (κ1) is 12.8. The van der Waals surface area contributed by atoms with E-state index in [1.54, 1.807) is 0 Å². The van der Waals surface area contributed by atoms with Gasteiger partial charge in [-0.2, -0.15) is 0 Å². The van der Waals surface area contributed by atoms with E-state index in [2.05, 4.69) is 33.0 Å². The second kappa shape index (κ2) is 5.42. The molecule has 3 rings (SSSR count). The molecule has 0 aliphatic heterocycles. The number of halogens is 2. The highest BCUT2D eigenvalue weighted by atomic mass is 79.9. The minimum absolute atomic E-state index is 0.841. The molecular weight excluding hydrogens is 310 g/mol. The van der Waals surface area contributed by atoms with Crippen molar-refractivity contribution in [1.29, 1.82) is 0 Å². The molecule has 0 N–H and O–H groups in total. The smallest absolute Gasteiger partial charge is 0.0467 e. The third kappa shape index (κ3) is 3.03. The summed E-state index contributed by atoms with van der Waals surface area (Å²) in [7, 11) is 0. The van der Waals surface area contributed by atoms with Gasteiger partial charge in [-0.05, 0) is 49.7 Å². The summed E-state index contributed by atoms with van der Waals surface area (Å²) in [5.74, 6) is 1.84. The lowest BCUT2D eigenvalue weighted by atomic mass is 10.1. The van der Waals surface area contributed by atoms with Crippen molar-refractivity contribution in [1.82, 2.24) is 0 Å². The van der Waals surface area contributed by atoms with E-state index >= 15 is 0 Å². The summed E-state index contributed by atoms with van der Waals surface area (Å²) < 4.78 is 0. The third-order valence-electron chi connectivity index (χ3n) is 3.92. The van der Waals surface area contributed by atoms with Gasteiger partial charge in [-0.25, -0.2) is 0 Å². The van der Waals surface area contributed by atoms with E-state index < -0.39 is 0 Å². The SMILES string of the molecule is Clc1cccc(N(CC2CC2)CC2CC2)c1CBr. The Morgan fingerprint density at radius 2 is 1.72 bits per heavy atom. The lowest BCUT2D eigenvalue weighted by molar-refractivity contribution is 0.678. The van der Waals surface area contributed by atoms with Crippen LogP contribution in [0.3, 0.4) is 0 Å².